The van der Waals surface area contributed by atoms with E-state index in [-0.39, 0.29) is 30.4 Å². The number of rotatable bonds is 5. The number of aliphatic hydroxyl groups is 1. The van der Waals surface area contributed by atoms with Gasteiger partial charge in [-0.2, -0.15) is 0 Å². The lowest BCUT2D eigenvalue weighted by molar-refractivity contribution is 0.0802. The number of hydrogen-bond acceptors (Lipinski definition) is 3. The van der Waals surface area contributed by atoms with Crippen molar-refractivity contribution in [2.45, 2.75) is 19.4 Å². The molecule has 0 unspecified atom stereocenters. The third-order valence-electron chi connectivity index (χ3n) is 3.92. The summed E-state index contributed by atoms with van der Waals surface area (Å²) in [6.07, 6.45) is 4.53. The fourth-order valence-electron chi connectivity index (χ4n) is 2.43. The van der Waals surface area contributed by atoms with E-state index in [1.807, 2.05) is 19.1 Å². The molecule has 118 valence electrons. The fraction of sp³-hybridized carbons (Fsp3) is 0.412. The number of amides is 2. The van der Waals surface area contributed by atoms with E-state index in [9.17, 15) is 9.59 Å². The predicted molar refractivity (Wildman–Crippen MR) is 84.7 cm³/mol. The molecule has 2 rings (SSSR count). The van der Waals surface area contributed by atoms with Gasteiger partial charge in [-0.05, 0) is 31.5 Å². The molecular formula is C17H22N2O3. The van der Waals surface area contributed by atoms with Gasteiger partial charge >= 0.3 is 0 Å². The summed E-state index contributed by atoms with van der Waals surface area (Å²) < 4.78 is 0. The maximum Gasteiger partial charge on any atom is 0.253 e. The molecule has 0 saturated heterocycles. The molecule has 0 aliphatic heterocycles. The molecule has 0 heterocycles. The van der Waals surface area contributed by atoms with E-state index in [0.717, 1.165) is 0 Å². The van der Waals surface area contributed by atoms with Crippen molar-refractivity contribution in [2.24, 2.45) is 5.92 Å². The third kappa shape index (κ3) is 3.74. The quantitative estimate of drug-likeness (QED) is 0.809. The molecule has 2 N–H and O–H groups in total. The summed E-state index contributed by atoms with van der Waals surface area (Å²) in [5.74, 6) is -0.197. The van der Waals surface area contributed by atoms with E-state index in [0.29, 0.717) is 24.1 Å². The Morgan fingerprint density at radius 3 is 2.68 bits per heavy atom. The van der Waals surface area contributed by atoms with E-state index >= 15 is 0 Å². The van der Waals surface area contributed by atoms with Gasteiger partial charge in [0.05, 0.1) is 0 Å². The Kier molecular flexibility index (Phi) is 5.33. The predicted octanol–water partition coefficient (Wildman–Crippen LogP) is 1.45. The highest BCUT2D eigenvalue weighted by molar-refractivity contribution is 5.99. The normalized spacial score (nSPS) is 20.0. The third-order valence-corrected chi connectivity index (χ3v) is 3.92. The van der Waals surface area contributed by atoms with E-state index in [2.05, 4.69) is 5.32 Å². The molecule has 0 aromatic heterocycles. The largest absolute Gasteiger partial charge is 0.396 e. The Bertz CT molecular complexity index is 583. The molecule has 1 aromatic rings. The van der Waals surface area contributed by atoms with Gasteiger partial charge in [-0.1, -0.05) is 18.2 Å². The topological polar surface area (TPSA) is 69.6 Å². The second-order valence-corrected chi connectivity index (χ2v) is 5.54. The summed E-state index contributed by atoms with van der Waals surface area (Å²) in [6, 6.07) is 6.67. The van der Waals surface area contributed by atoms with Crippen molar-refractivity contribution in [3.63, 3.8) is 0 Å². The number of aliphatic hydroxyl groups excluding tert-OH is 1. The van der Waals surface area contributed by atoms with Gasteiger partial charge in [0.2, 0.25) is 0 Å². The molecule has 1 aliphatic carbocycles. The minimum Gasteiger partial charge on any atom is -0.396 e. The van der Waals surface area contributed by atoms with E-state index in [4.69, 9.17) is 5.11 Å². The highest BCUT2D eigenvalue weighted by Crippen LogP contribution is 2.17. The Morgan fingerprint density at radius 1 is 1.32 bits per heavy atom. The van der Waals surface area contributed by atoms with Gasteiger partial charge in [-0.25, -0.2) is 0 Å². The van der Waals surface area contributed by atoms with Crippen LogP contribution in [-0.2, 0) is 0 Å². The first kappa shape index (κ1) is 16.2. The second kappa shape index (κ2) is 7.22. The van der Waals surface area contributed by atoms with Crippen LogP contribution in [0.3, 0.4) is 0 Å². The van der Waals surface area contributed by atoms with Gasteiger partial charge < -0.3 is 15.3 Å². The first-order valence-electron chi connectivity index (χ1n) is 7.50. The maximum absolute atomic E-state index is 12.3. The van der Waals surface area contributed by atoms with Crippen LogP contribution < -0.4 is 5.32 Å². The monoisotopic (exact) mass is 302 g/mol. The van der Waals surface area contributed by atoms with Gasteiger partial charge in [0.1, 0.15) is 0 Å². The number of nitrogens with one attached hydrogen (secondary N) is 1. The van der Waals surface area contributed by atoms with Gasteiger partial charge in [-0.3, -0.25) is 9.59 Å². The first-order chi connectivity index (χ1) is 10.5. The molecule has 22 heavy (non-hydrogen) atoms. The minimum absolute atomic E-state index is 0.0673. The van der Waals surface area contributed by atoms with Crippen molar-refractivity contribution in [1.29, 1.82) is 0 Å². The lowest BCUT2D eigenvalue weighted by atomic mass is 10.1. The SMILES string of the molecule is CCN(C)C(=O)c1cccc(C(=O)N[C@@H]2C=C[C@H](CO)C2)c1. The molecular weight excluding hydrogens is 280 g/mol. The summed E-state index contributed by atoms with van der Waals surface area (Å²) in [4.78, 5) is 26.0. The number of hydrogen-bond donors (Lipinski definition) is 2. The average molecular weight is 302 g/mol. The molecule has 0 bridgehead atoms. The number of benzene rings is 1. The number of carbonyl (C=O) groups excluding carboxylic acids is 2. The Labute approximate surface area is 130 Å². The molecule has 0 saturated carbocycles. The van der Waals surface area contributed by atoms with Crippen molar-refractivity contribution < 1.29 is 14.7 Å². The molecule has 0 radical (unpaired) electrons. The average Bonchev–Trinajstić information content (AvgIpc) is 3.01. The lowest BCUT2D eigenvalue weighted by Crippen LogP contribution is -2.33. The van der Waals surface area contributed by atoms with Crippen LogP contribution in [0.1, 0.15) is 34.1 Å². The van der Waals surface area contributed by atoms with Crippen LogP contribution in [-0.4, -0.2) is 48.1 Å². The standard InChI is InChI=1S/C17H22N2O3/c1-3-19(2)17(22)14-6-4-5-13(10-14)16(21)18-15-8-7-12(9-15)11-20/h4-8,10,12,15,20H,3,9,11H2,1-2H3,(H,18,21)/t12-,15+/m0/s1. The molecule has 1 aliphatic rings. The minimum atomic E-state index is -0.206. The summed E-state index contributed by atoms with van der Waals surface area (Å²) in [5, 5.41) is 12.0. The smallest absolute Gasteiger partial charge is 0.253 e. The summed E-state index contributed by atoms with van der Waals surface area (Å²) in [5.41, 5.74) is 0.975. The number of carbonyl (C=O) groups is 2. The fourth-order valence-corrected chi connectivity index (χ4v) is 2.43. The Balaban J connectivity index is 2.05. The van der Waals surface area contributed by atoms with Crippen molar-refractivity contribution in [3.8, 4) is 0 Å². The second-order valence-electron chi connectivity index (χ2n) is 5.54. The van der Waals surface area contributed by atoms with Crippen LogP contribution >= 0.6 is 0 Å². The van der Waals surface area contributed by atoms with Gasteiger partial charge in [0, 0.05) is 43.3 Å². The first-order valence-corrected chi connectivity index (χ1v) is 7.50. The molecule has 1 aromatic carbocycles. The molecule has 0 spiro atoms. The van der Waals surface area contributed by atoms with Crippen molar-refractivity contribution in [1.82, 2.24) is 10.2 Å². The van der Waals surface area contributed by atoms with Crippen LogP contribution in [0.15, 0.2) is 36.4 Å². The maximum atomic E-state index is 12.3. The molecule has 2 atom stereocenters. The highest BCUT2D eigenvalue weighted by Gasteiger charge is 2.20. The zero-order chi connectivity index (χ0) is 16.1. The lowest BCUT2D eigenvalue weighted by Gasteiger charge is -2.16. The van der Waals surface area contributed by atoms with Crippen LogP contribution in [0.2, 0.25) is 0 Å². The van der Waals surface area contributed by atoms with E-state index in [1.165, 1.54) is 0 Å². The van der Waals surface area contributed by atoms with E-state index in [1.54, 1.807) is 36.2 Å². The molecule has 5 nitrogen and oxygen atoms in total. The van der Waals surface area contributed by atoms with Crippen LogP contribution in [0, 0.1) is 5.92 Å². The van der Waals surface area contributed by atoms with Crippen molar-refractivity contribution in [2.75, 3.05) is 20.2 Å². The van der Waals surface area contributed by atoms with Crippen molar-refractivity contribution in [3.05, 3.63) is 47.5 Å². The Morgan fingerprint density at radius 2 is 2.05 bits per heavy atom. The Hall–Kier alpha value is -2.14. The van der Waals surface area contributed by atoms with Gasteiger partial charge in [0.15, 0.2) is 0 Å². The molecule has 2 amide bonds. The summed E-state index contributed by atoms with van der Waals surface area (Å²) in [7, 11) is 1.73. The summed E-state index contributed by atoms with van der Waals surface area (Å²) >= 11 is 0. The van der Waals surface area contributed by atoms with Crippen molar-refractivity contribution >= 4 is 11.8 Å². The van der Waals surface area contributed by atoms with E-state index < -0.39 is 0 Å². The zero-order valence-corrected chi connectivity index (χ0v) is 13.0. The van der Waals surface area contributed by atoms with Gasteiger partial charge in [0.25, 0.3) is 11.8 Å². The molecule has 0 fully saturated rings. The molecule has 5 heteroatoms. The number of nitrogens with zero attached hydrogens (tertiary/aromatic N) is 1. The van der Waals surface area contributed by atoms with Crippen LogP contribution in [0.25, 0.3) is 0 Å². The van der Waals surface area contributed by atoms with Gasteiger partial charge in [-0.15, -0.1) is 0 Å². The van der Waals surface area contributed by atoms with Crippen LogP contribution in [0.5, 0.6) is 0 Å². The summed E-state index contributed by atoms with van der Waals surface area (Å²) in [6.45, 7) is 2.61. The van der Waals surface area contributed by atoms with Crippen LogP contribution in [0.4, 0.5) is 0 Å². The zero-order valence-electron chi connectivity index (χ0n) is 13.0. The highest BCUT2D eigenvalue weighted by atomic mass is 16.3.